The van der Waals surface area contributed by atoms with Crippen LogP contribution in [0.25, 0.3) is 0 Å². The van der Waals surface area contributed by atoms with Crippen LogP contribution in [0.1, 0.15) is 29.6 Å². The number of hydrogen-bond acceptors (Lipinski definition) is 5. The Labute approximate surface area is 130 Å². The van der Waals surface area contributed by atoms with Gasteiger partial charge in [-0.1, -0.05) is 0 Å². The smallest absolute Gasteiger partial charge is 0.274 e. The van der Waals surface area contributed by atoms with Crippen molar-refractivity contribution in [3.8, 4) is 0 Å². The number of amides is 1. The average molecular weight is 328 g/mol. The van der Waals surface area contributed by atoms with E-state index in [0.29, 0.717) is 12.2 Å². The van der Waals surface area contributed by atoms with Crippen LogP contribution in [-0.4, -0.2) is 45.6 Å². The van der Waals surface area contributed by atoms with E-state index in [4.69, 9.17) is 9.57 Å². The van der Waals surface area contributed by atoms with Gasteiger partial charge in [0.1, 0.15) is 0 Å². The first kappa shape index (κ1) is 16.9. The predicted octanol–water partition coefficient (Wildman–Crippen LogP) is 1.12. The summed E-state index contributed by atoms with van der Waals surface area (Å²) in [5, 5.41) is 0. The van der Waals surface area contributed by atoms with E-state index < -0.39 is 22.2 Å². The third-order valence-electron chi connectivity index (χ3n) is 3.32. The van der Waals surface area contributed by atoms with Crippen LogP contribution >= 0.6 is 0 Å². The zero-order valence-electron chi connectivity index (χ0n) is 12.6. The highest BCUT2D eigenvalue weighted by Crippen LogP contribution is 2.15. The fourth-order valence-electron chi connectivity index (χ4n) is 1.97. The molecule has 0 radical (unpaired) electrons. The van der Waals surface area contributed by atoms with Crippen LogP contribution in [0, 0.1) is 0 Å². The lowest BCUT2D eigenvalue weighted by atomic mass is 10.2. The van der Waals surface area contributed by atoms with Crippen molar-refractivity contribution in [2.24, 2.45) is 0 Å². The summed E-state index contributed by atoms with van der Waals surface area (Å²) in [6.07, 6.45) is 2.30. The van der Waals surface area contributed by atoms with E-state index in [-0.39, 0.29) is 4.90 Å². The van der Waals surface area contributed by atoms with E-state index in [1.54, 1.807) is 0 Å². The molecule has 1 amide bonds. The number of carbonyl (C=O) groups excluding carboxylic acids is 1. The molecule has 0 saturated carbocycles. The van der Waals surface area contributed by atoms with Gasteiger partial charge in [-0.2, -0.15) is 0 Å². The van der Waals surface area contributed by atoms with Gasteiger partial charge in [-0.25, -0.2) is 23.0 Å². The molecule has 1 atom stereocenters. The fourth-order valence-corrected chi connectivity index (χ4v) is 2.87. The first-order valence-electron chi connectivity index (χ1n) is 7.01. The summed E-state index contributed by atoms with van der Waals surface area (Å²) < 4.78 is 30.3. The second-order valence-electron chi connectivity index (χ2n) is 5.16. The van der Waals surface area contributed by atoms with E-state index >= 15 is 0 Å². The van der Waals surface area contributed by atoms with Crippen LogP contribution in [0.15, 0.2) is 29.2 Å². The van der Waals surface area contributed by atoms with E-state index in [1.165, 1.54) is 38.4 Å². The monoisotopic (exact) mass is 328 g/mol. The first-order valence-corrected chi connectivity index (χ1v) is 8.45. The predicted molar refractivity (Wildman–Crippen MR) is 79.5 cm³/mol. The highest BCUT2D eigenvalue weighted by Gasteiger charge is 2.19. The quantitative estimate of drug-likeness (QED) is 0.819. The molecule has 2 rings (SSSR count). The second-order valence-corrected chi connectivity index (χ2v) is 7.31. The normalized spacial score (nSPS) is 19.1. The van der Waals surface area contributed by atoms with Crippen molar-refractivity contribution in [1.29, 1.82) is 0 Å². The summed E-state index contributed by atoms with van der Waals surface area (Å²) in [5.74, 6) is -0.442. The van der Waals surface area contributed by atoms with Crippen molar-refractivity contribution in [3.63, 3.8) is 0 Å². The maximum absolute atomic E-state index is 11.9. The lowest BCUT2D eigenvalue weighted by molar-refractivity contribution is -0.186. The number of nitrogens with zero attached hydrogens (tertiary/aromatic N) is 1. The Morgan fingerprint density at radius 2 is 1.95 bits per heavy atom. The molecule has 8 heteroatoms. The summed E-state index contributed by atoms with van der Waals surface area (Å²) in [6, 6.07) is 5.66. The van der Waals surface area contributed by atoms with Crippen LogP contribution < -0.4 is 5.48 Å². The van der Waals surface area contributed by atoms with Crippen molar-refractivity contribution in [3.05, 3.63) is 29.8 Å². The van der Waals surface area contributed by atoms with Crippen molar-refractivity contribution >= 4 is 15.9 Å². The zero-order chi connectivity index (χ0) is 16.2. The van der Waals surface area contributed by atoms with Gasteiger partial charge in [-0.15, -0.1) is 0 Å². The van der Waals surface area contributed by atoms with Gasteiger partial charge in [0, 0.05) is 32.7 Å². The number of nitrogens with one attached hydrogen (secondary N) is 1. The number of carbonyl (C=O) groups is 1. The molecule has 1 aromatic carbocycles. The van der Waals surface area contributed by atoms with Gasteiger partial charge in [0.15, 0.2) is 6.29 Å². The van der Waals surface area contributed by atoms with Crippen LogP contribution in [-0.2, 0) is 19.6 Å². The number of hydroxylamine groups is 1. The Morgan fingerprint density at radius 1 is 1.27 bits per heavy atom. The molecule has 22 heavy (non-hydrogen) atoms. The molecule has 1 fully saturated rings. The highest BCUT2D eigenvalue weighted by molar-refractivity contribution is 7.89. The lowest BCUT2D eigenvalue weighted by Crippen LogP contribution is -2.33. The molecule has 122 valence electrons. The molecule has 1 heterocycles. The van der Waals surface area contributed by atoms with Crippen LogP contribution in [0.4, 0.5) is 0 Å². The summed E-state index contributed by atoms with van der Waals surface area (Å²) in [5.41, 5.74) is 2.64. The minimum absolute atomic E-state index is 0.130. The lowest BCUT2D eigenvalue weighted by Gasteiger charge is -2.22. The molecule has 1 saturated heterocycles. The minimum Gasteiger partial charge on any atom is -0.350 e. The number of hydrogen-bond donors (Lipinski definition) is 1. The number of ether oxygens (including phenoxy) is 1. The molecule has 1 aromatic rings. The van der Waals surface area contributed by atoms with Gasteiger partial charge in [0.05, 0.1) is 4.90 Å². The molecule has 1 N–H and O–H groups in total. The molecule has 0 aliphatic carbocycles. The summed E-state index contributed by atoms with van der Waals surface area (Å²) in [4.78, 5) is 17.2. The fraction of sp³-hybridized carbons (Fsp3) is 0.500. The number of rotatable bonds is 5. The largest absolute Gasteiger partial charge is 0.350 e. The van der Waals surface area contributed by atoms with Crippen molar-refractivity contribution < 1.29 is 22.8 Å². The van der Waals surface area contributed by atoms with E-state index in [1.807, 2.05) is 0 Å². The van der Waals surface area contributed by atoms with Gasteiger partial charge >= 0.3 is 0 Å². The molecule has 0 aromatic heterocycles. The topological polar surface area (TPSA) is 84.9 Å². The first-order chi connectivity index (χ1) is 10.4. The standard InChI is InChI=1S/C14H20N2O5S/c1-16(2)22(18,19)12-8-6-11(7-9-12)14(17)15-21-13-5-3-4-10-20-13/h6-9,13H,3-5,10H2,1-2H3,(H,15,17)/t13-/m0/s1. The van der Waals surface area contributed by atoms with Gasteiger partial charge < -0.3 is 4.74 Å². The number of sulfonamides is 1. The second kappa shape index (κ2) is 7.19. The molecule has 1 aliphatic rings. The molecule has 0 bridgehead atoms. The maximum atomic E-state index is 11.9. The van der Waals surface area contributed by atoms with Gasteiger partial charge in [0.2, 0.25) is 10.0 Å². The number of benzene rings is 1. The summed E-state index contributed by atoms with van der Waals surface area (Å²) in [7, 11) is -0.594. The zero-order valence-corrected chi connectivity index (χ0v) is 13.4. The van der Waals surface area contributed by atoms with Gasteiger partial charge in [0.25, 0.3) is 5.91 Å². The molecular weight excluding hydrogens is 308 g/mol. The maximum Gasteiger partial charge on any atom is 0.274 e. The summed E-state index contributed by atoms with van der Waals surface area (Å²) in [6.45, 7) is 0.623. The minimum atomic E-state index is -3.50. The Morgan fingerprint density at radius 3 is 2.50 bits per heavy atom. The highest BCUT2D eigenvalue weighted by atomic mass is 32.2. The Hall–Kier alpha value is -1.48. The molecule has 0 spiro atoms. The van der Waals surface area contributed by atoms with Gasteiger partial charge in [-0.05, 0) is 37.1 Å². The van der Waals surface area contributed by atoms with Crippen LogP contribution in [0.3, 0.4) is 0 Å². The Bertz CT molecular complexity index is 607. The van der Waals surface area contributed by atoms with Crippen molar-refractivity contribution in [2.75, 3.05) is 20.7 Å². The molecule has 0 unspecified atom stereocenters. The van der Waals surface area contributed by atoms with Gasteiger partial charge in [-0.3, -0.25) is 4.79 Å². The average Bonchev–Trinajstić information content (AvgIpc) is 2.53. The Balaban J connectivity index is 1.96. The van der Waals surface area contributed by atoms with E-state index in [9.17, 15) is 13.2 Å². The SMILES string of the molecule is CN(C)S(=O)(=O)c1ccc(C(=O)NO[C@H]2CCCCO2)cc1. The summed E-state index contributed by atoms with van der Waals surface area (Å²) >= 11 is 0. The van der Waals surface area contributed by atoms with Crippen LogP contribution in [0.5, 0.6) is 0 Å². The molecule has 1 aliphatic heterocycles. The van der Waals surface area contributed by atoms with Crippen molar-refractivity contribution in [2.45, 2.75) is 30.4 Å². The van der Waals surface area contributed by atoms with E-state index in [0.717, 1.165) is 23.6 Å². The molecule has 7 nitrogen and oxygen atoms in total. The third kappa shape index (κ3) is 4.04. The van der Waals surface area contributed by atoms with Crippen LogP contribution in [0.2, 0.25) is 0 Å². The third-order valence-corrected chi connectivity index (χ3v) is 5.15. The Kier molecular flexibility index (Phi) is 5.52. The van der Waals surface area contributed by atoms with Crippen molar-refractivity contribution in [1.82, 2.24) is 9.79 Å². The molecular formula is C14H20N2O5S. The van der Waals surface area contributed by atoms with E-state index in [2.05, 4.69) is 5.48 Å².